The van der Waals surface area contributed by atoms with Crippen LogP contribution in [0, 0.1) is 10.1 Å². The number of nitro groups is 1. The zero-order chi connectivity index (χ0) is 27.7. The van der Waals surface area contributed by atoms with Crippen molar-refractivity contribution in [2.75, 3.05) is 31.1 Å². The molecule has 0 unspecified atom stereocenters. The van der Waals surface area contributed by atoms with Crippen molar-refractivity contribution in [1.82, 2.24) is 4.90 Å². The van der Waals surface area contributed by atoms with Crippen LogP contribution in [-0.4, -0.2) is 59.2 Å². The molecule has 0 saturated carbocycles. The molecule has 1 heterocycles. The van der Waals surface area contributed by atoms with Gasteiger partial charge in [0.15, 0.2) is 11.5 Å². The molecule has 38 heavy (non-hydrogen) atoms. The summed E-state index contributed by atoms with van der Waals surface area (Å²) in [6.45, 7) is 10.5. The van der Waals surface area contributed by atoms with Crippen molar-refractivity contribution in [3.63, 3.8) is 0 Å². The molecule has 2 aromatic carbocycles. The number of aromatic hydroxyl groups is 1. The highest BCUT2D eigenvalue weighted by molar-refractivity contribution is 5.92. The number of benzene rings is 2. The Labute approximate surface area is 224 Å². The third kappa shape index (κ3) is 7.40. The van der Waals surface area contributed by atoms with Gasteiger partial charge >= 0.3 is 0 Å². The number of carbonyl (C=O) groups is 1. The quantitative estimate of drug-likeness (QED) is 0.212. The number of phenols is 1. The molecule has 3 rings (SSSR count). The van der Waals surface area contributed by atoms with Gasteiger partial charge in [-0.1, -0.05) is 27.7 Å². The van der Waals surface area contributed by atoms with Gasteiger partial charge in [0.2, 0.25) is 11.7 Å². The summed E-state index contributed by atoms with van der Waals surface area (Å²) < 4.78 is 12.1. The van der Waals surface area contributed by atoms with Crippen molar-refractivity contribution >= 4 is 23.4 Å². The highest BCUT2D eigenvalue weighted by atomic mass is 16.6. The molecular formula is C29H39N3O6. The van der Waals surface area contributed by atoms with Crippen molar-refractivity contribution < 1.29 is 24.3 Å². The molecular weight excluding hydrogens is 486 g/mol. The van der Waals surface area contributed by atoms with Crippen LogP contribution in [0.1, 0.15) is 58.9 Å². The fourth-order valence-corrected chi connectivity index (χ4v) is 4.39. The Kier molecular flexibility index (Phi) is 10.4. The maximum atomic E-state index is 12.9. The van der Waals surface area contributed by atoms with Gasteiger partial charge in [-0.3, -0.25) is 14.9 Å². The van der Waals surface area contributed by atoms with Crippen molar-refractivity contribution in [3.8, 4) is 17.2 Å². The monoisotopic (exact) mass is 525 g/mol. The number of nitro benzene ring substituents is 1. The average Bonchev–Trinajstić information content (AvgIpc) is 2.95. The van der Waals surface area contributed by atoms with E-state index in [2.05, 4.69) is 4.90 Å². The fraction of sp³-hybridized carbons (Fsp3) is 0.483. The first-order valence-corrected chi connectivity index (χ1v) is 13.5. The van der Waals surface area contributed by atoms with Crippen molar-refractivity contribution in [1.29, 1.82) is 0 Å². The number of nitrogens with zero attached hydrogens (tertiary/aromatic N) is 3. The third-order valence-corrected chi connectivity index (χ3v) is 6.91. The molecule has 9 heteroatoms. The summed E-state index contributed by atoms with van der Waals surface area (Å²) >= 11 is 0. The van der Waals surface area contributed by atoms with Crippen LogP contribution in [0.3, 0.4) is 0 Å². The standard InChI is InChI=1S/C29H39N3O6/c1-5-24(6-2)37-26-19-21(20-27(29(26)34)38-25(7-3)8-4)9-14-28(33)31-17-15-30(16-18-31)22-10-12-23(13-11-22)32(35)36/h9-14,19-20,24-25,34H,5-8,15-18H2,1-4H3. The second kappa shape index (κ2) is 13.7. The maximum absolute atomic E-state index is 12.9. The van der Waals surface area contributed by atoms with E-state index in [4.69, 9.17) is 9.47 Å². The Hall–Kier alpha value is -3.75. The summed E-state index contributed by atoms with van der Waals surface area (Å²) in [7, 11) is 0. The van der Waals surface area contributed by atoms with Gasteiger partial charge in [-0.2, -0.15) is 0 Å². The predicted molar refractivity (Wildman–Crippen MR) is 149 cm³/mol. The Bertz CT molecular complexity index is 1070. The smallest absolute Gasteiger partial charge is 0.269 e. The van der Waals surface area contributed by atoms with E-state index in [1.54, 1.807) is 35.2 Å². The lowest BCUT2D eigenvalue weighted by Gasteiger charge is -2.35. The number of ether oxygens (including phenoxy) is 2. The lowest BCUT2D eigenvalue weighted by Crippen LogP contribution is -2.48. The van der Waals surface area contributed by atoms with Gasteiger partial charge in [-0.05, 0) is 61.6 Å². The lowest BCUT2D eigenvalue weighted by molar-refractivity contribution is -0.384. The first-order valence-electron chi connectivity index (χ1n) is 13.5. The molecule has 206 valence electrons. The molecule has 2 aromatic rings. The van der Waals surface area contributed by atoms with Gasteiger partial charge in [0, 0.05) is 50.1 Å². The van der Waals surface area contributed by atoms with Crippen LogP contribution in [0.4, 0.5) is 11.4 Å². The van der Waals surface area contributed by atoms with Crippen LogP contribution in [0.15, 0.2) is 42.5 Å². The van der Waals surface area contributed by atoms with E-state index in [0.29, 0.717) is 43.2 Å². The Morgan fingerprint density at radius 1 is 0.947 bits per heavy atom. The van der Waals surface area contributed by atoms with E-state index < -0.39 is 4.92 Å². The molecule has 1 amide bonds. The fourth-order valence-electron chi connectivity index (χ4n) is 4.39. The summed E-state index contributed by atoms with van der Waals surface area (Å²) in [6, 6.07) is 9.95. The number of non-ortho nitro benzene ring substituents is 1. The summed E-state index contributed by atoms with van der Waals surface area (Å²) in [5.74, 6) is 0.581. The SMILES string of the molecule is CCC(CC)Oc1cc(C=CC(=O)N2CCN(c3ccc([N+](=O)[O-])cc3)CC2)cc(OC(CC)CC)c1O. The van der Waals surface area contributed by atoms with Crippen LogP contribution < -0.4 is 14.4 Å². The van der Waals surface area contributed by atoms with Gasteiger partial charge in [-0.15, -0.1) is 0 Å². The van der Waals surface area contributed by atoms with E-state index >= 15 is 0 Å². The molecule has 0 bridgehead atoms. The first kappa shape index (κ1) is 28.8. The lowest BCUT2D eigenvalue weighted by atomic mass is 10.1. The second-order valence-corrected chi connectivity index (χ2v) is 9.40. The van der Waals surface area contributed by atoms with Gasteiger partial charge in [0.25, 0.3) is 5.69 Å². The van der Waals surface area contributed by atoms with Crippen LogP contribution in [0.2, 0.25) is 0 Å². The van der Waals surface area contributed by atoms with Crippen molar-refractivity contribution in [2.45, 2.75) is 65.6 Å². The highest BCUT2D eigenvalue weighted by Crippen LogP contribution is 2.40. The van der Waals surface area contributed by atoms with Crippen LogP contribution in [0.5, 0.6) is 17.2 Å². The number of phenolic OH excluding ortho intramolecular Hbond substituents is 1. The van der Waals surface area contributed by atoms with E-state index in [1.807, 2.05) is 27.7 Å². The largest absolute Gasteiger partial charge is 0.502 e. The Balaban J connectivity index is 1.70. The normalized spacial score (nSPS) is 13.9. The zero-order valence-electron chi connectivity index (χ0n) is 22.8. The van der Waals surface area contributed by atoms with Crippen LogP contribution >= 0.6 is 0 Å². The zero-order valence-corrected chi connectivity index (χ0v) is 22.8. The molecule has 1 saturated heterocycles. The Morgan fingerprint density at radius 2 is 1.45 bits per heavy atom. The number of anilines is 1. The number of hydrogen-bond donors (Lipinski definition) is 1. The summed E-state index contributed by atoms with van der Waals surface area (Å²) in [5, 5.41) is 21.7. The maximum Gasteiger partial charge on any atom is 0.269 e. The summed E-state index contributed by atoms with van der Waals surface area (Å²) in [5.41, 5.74) is 1.67. The number of hydrogen-bond acceptors (Lipinski definition) is 7. The van der Waals surface area contributed by atoms with Crippen molar-refractivity contribution in [3.05, 3.63) is 58.2 Å². The molecule has 0 aromatic heterocycles. The number of carbonyl (C=O) groups excluding carboxylic acids is 1. The molecule has 0 radical (unpaired) electrons. The molecule has 1 fully saturated rings. The second-order valence-electron chi connectivity index (χ2n) is 9.40. The molecule has 0 atom stereocenters. The Morgan fingerprint density at radius 3 is 1.89 bits per heavy atom. The van der Waals surface area contributed by atoms with E-state index in [0.717, 1.165) is 31.4 Å². The predicted octanol–water partition coefficient (Wildman–Crippen LogP) is 5.80. The van der Waals surface area contributed by atoms with Gasteiger partial charge in [0.1, 0.15) is 0 Å². The van der Waals surface area contributed by atoms with Gasteiger partial charge in [0.05, 0.1) is 17.1 Å². The number of amides is 1. The third-order valence-electron chi connectivity index (χ3n) is 6.91. The minimum atomic E-state index is -0.414. The van der Waals surface area contributed by atoms with Gasteiger partial charge < -0.3 is 24.4 Å². The average molecular weight is 526 g/mol. The van der Waals surface area contributed by atoms with Crippen molar-refractivity contribution in [2.24, 2.45) is 0 Å². The van der Waals surface area contributed by atoms with E-state index in [9.17, 15) is 20.0 Å². The molecule has 0 aliphatic carbocycles. The minimum absolute atomic E-state index is 0.0188. The van der Waals surface area contributed by atoms with E-state index in [-0.39, 0.29) is 29.6 Å². The van der Waals surface area contributed by atoms with Gasteiger partial charge in [-0.25, -0.2) is 0 Å². The molecule has 1 N–H and O–H groups in total. The molecule has 1 aliphatic heterocycles. The molecule has 9 nitrogen and oxygen atoms in total. The van der Waals surface area contributed by atoms with E-state index in [1.165, 1.54) is 18.2 Å². The summed E-state index contributed by atoms with van der Waals surface area (Å²) in [6.07, 6.45) is 6.43. The van der Waals surface area contributed by atoms with Crippen LogP contribution in [-0.2, 0) is 4.79 Å². The number of piperazine rings is 1. The highest BCUT2D eigenvalue weighted by Gasteiger charge is 2.21. The topological polar surface area (TPSA) is 105 Å². The minimum Gasteiger partial charge on any atom is -0.502 e. The van der Waals surface area contributed by atoms with Crippen LogP contribution in [0.25, 0.3) is 6.08 Å². The molecule has 1 aliphatic rings. The summed E-state index contributed by atoms with van der Waals surface area (Å²) in [4.78, 5) is 27.3. The first-order chi connectivity index (χ1) is 18.3. The molecule has 0 spiro atoms. The number of rotatable bonds is 12.